The number of carbonyl (C=O) groups is 1. The van der Waals surface area contributed by atoms with Gasteiger partial charge in [0.2, 0.25) is 0 Å². The van der Waals surface area contributed by atoms with Gasteiger partial charge in [-0.15, -0.1) is 0 Å². The molecule has 2 aromatic rings. The second-order valence-electron chi connectivity index (χ2n) is 5.96. The Kier molecular flexibility index (Phi) is 4.23. The van der Waals surface area contributed by atoms with E-state index in [1.165, 1.54) is 0 Å². The lowest BCUT2D eigenvalue weighted by molar-refractivity contribution is 0.156. The van der Waals surface area contributed by atoms with Crippen molar-refractivity contribution in [2.24, 2.45) is 7.05 Å². The summed E-state index contributed by atoms with van der Waals surface area (Å²) in [4.78, 5) is 14.4. The van der Waals surface area contributed by atoms with E-state index in [9.17, 15) is 4.79 Å². The highest BCUT2D eigenvalue weighted by atomic mass is 16.5. The lowest BCUT2D eigenvalue weighted by Gasteiger charge is -2.26. The topological polar surface area (TPSA) is 59.4 Å². The van der Waals surface area contributed by atoms with Gasteiger partial charge in [0, 0.05) is 12.6 Å². The van der Waals surface area contributed by atoms with Crippen LogP contribution in [0.3, 0.4) is 0 Å². The maximum absolute atomic E-state index is 12.6. The van der Waals surface area contributed by atoms with Gasteiger partial charge in [-0.2, -0.15) is 5.10 Å². The Morgan fingerprint density at radius 1 is 1.43 bits per heavy atom. The molecule has 1 aromatic carbocycles. The van der Waals surface area contributed by atoms with Gasteiger partial charge in [-0.3, -0.25) is 4.68 Å². The van der Waals surface area contributed by atoms with E-state index in [0.29, 0.717) is 19.7 Å². The Labute approximate surface area is 136 Å². The highest BCUT2D eigenvalue weighted by Crippen LogP contribution is 2.24. The Balaban J connectivity index is 1.69. The highest BCUT2D eigenvalue weighted by Gasteiger charge is 2.25. The number of nitrogens with zero attached hydrogens (tertiary/aromatic N) is 3. The van der Waals surface area contributed by atoms with Crippen molar-refractivity contribution >= 4 is 6.03 Å². The van der Waals surface area contributed by atoms with Crippen LogP contribution >= 0.6 is 0 Å². The predicted octanol–water partition coefficient (Wildman–Crippen LogP) is 2.22. The molecule has 0 saturated heterocycles. The third kappa shape index (κ3) is 3.31. The Hall–Kier alpha value is -2.50. The molecule has 0 spiro atoms. The normalized spacial score (nSPS) is 17.2. The number of aryl methyl sites for hydroxylation is 2. The first-order chi connectivity index (χ1) is 11.0. The van der Waals surface area contributed by atoms with Crippen molar-refractivity contribution in [2.45, 2.75) is 33.0 Å². The molecule has 0 bridgehead atoms. The zero-order chi connectivity index (χ0) is 16.4. The van der Waals surface area contributed by atoms with Gasteiger partial charge in [0.25, 0.3) is 0 Å². The lowest BCUT2D eigenvalue weighted by Crippen LogP contribution is -2.45. The predicted molar refractivity (Wildman–Crippen MR) is 87.1 cm³/mol. The van der Waals surface area contributed by atoms with E-state index in [0.717, 1.165) is 22.7 Å². The number of hydrogen-bond acceptors (Lipinski definition) is 3. The van der Waals surface area contributed by atoms with E-state index in [1.54, 1.807) is 4.68 Å². The average Bonchev–Trinajstić information content (AvgIpc) is 2.75. The quantitative estimate of drug-likeness (QED) is 0.924. The number of nitrogens with one attached hydrogen (secondary N) is 1. The molecule has 3 rings (SSSR count). The van der Waals surface area contributed by atoms with Crippen LogP contribution in [0, 0.1) is 6.92 Å². The highest BCUT2D eigenvalue weighted by molar-refractivity contribution is 5.74. The molecule has 1 aromatic heterocycles. The molecule has 1 atom stereocenters. The number of aromatic nitrogens is 2. The van der Waals surface area contributed by atoms with Gasteiger partial charge >= 0.3 is 6.03 Å². The number of para-hydroxylation sites is 1. The van der Waals surface area contributed by atoms with Crippen LogP contribution in [-0.4, -0.2) is 33.4 Å². The number of rotatable bonds is 2. The van der Waals surface area contributed by atoms with Crippen LogP contribution in [0.5, 0.6) is 5.75 Å². The van der Waals surface area contributed by atoms with Crippen LogP contribution in [0.4, 0.5) is 4.79 Å². The van der Waals surface area contributed by atoms with E-state index in [1.807, 2.05) is 56.1 Å². The van der Waals surface area contributed by atoms with Crippen molar-refractivity contribution in [2.75, 3.05) is 6.61 Å². The third-order valence-corrected chi connectivity index (χ3v) is 4.11. The summed E-state index contributed by atoms with van der Waals surface area (Å²) in [5.74, 6) is 0.858. The molecule has 2 amide bonds. The summed E-state index contributed by atoms with van der Waals surface area (Å²) in [6.45, 7) is 5.45. The zero-order valence-electron chi connectivity index (χ0n) is 13.7. The minimum Gasteiger partial charge on any atom is -0.491 e. The molecule has 23 heavy (non-hydrogen) atoms. The van der Waals surface area contributed by atoms with Gasteiger partial charge < -0.3 is 15.0 Å². The summed E-state index contributed by atoms with van der Waals surface area (Å²) in [7, 11) is 1.88. The SMILES string of the molecule is Cc1cc(CNC(=O)N2Cc3ccccc3OCC2C)n(C)n1. The summed E-state index contributed by atoms with van der Waals surface area (Å²) in [6.07, 6.45) is 0. The number of carbonyl (C=O) groups excluding carboxylic acids is 1. The average molecular weight is 314 g/mol. The molecule has 6 heteroatoms. The first kappa shape index (κ1) is 15.4. The summed E-state index contributed by atoms with van der Waals surface area (Å²) in [5, 5.41) is 7.28. The Morgan fingerprint density at radius 3 is 2.96 bits per heavy atom. The molecule has 0 fully saturated rings. The maximum Gasteiger partial charge on any atom is 0.318 e. The standard InChI is InChI=1S/C17H22N4O2/c1-12-8-15(20(3)19-12)9-18-17(22)21-10-14-6-4-5-7-16(14)23-11-13(21)2/h4-8,13H,9-11H2,1-3H3,(H,18,22). The molecule has 2 heterocycles. The number of amides is 2. The van der Waals surface area contributed by atoms with E-state index in [-0.39, 0.29) is 12.1 Å². The van der Waals surface area contributed by atoms with E-state index in [2.05, 4.69) is 10.4 Å². The molecule has 0 radical (unpaired) electrons. The van der Waals surface area contributed by atoms with Crippen molar-refractivity contribution in [3.05, 3.63) is 47.3 Å². The number of urea groups is 1. The molecule has 1 aliphatic rings. The fourth-order valence-electron chi connectivity index (χ4n) is 2.78. The number of fused-ring (bicyclic) bond motifs is 1. The molecule has 6 nitrogen and oxygen atoms in total. The second kappa shape index (κ2) is 6.32. The zero-order valence-corrected chi connectivity index (χ0v) is 13.7. The van der Waals surface area contributed by atoms with Crippen molar-refractivity contribution < 1.29 is 9.53 Å². The molecule has 0 saturated carbocycles. The molecule has 1 unspecified atom stereocenters. The van der Waals surface area contributed by atoms with Gasteiger partial charge in [0.1, 0.15) is 12.4 Å². The van der Waals surface area contributed by atoms with E-state index in [4.69, 9.17) is 4.74 Å². The molecular formula is C17H22N4O2. The minimum atomic E-state index is -0.0864. The van der Waals surface area contributed by atoms with Gasteiger partial charge in [0.05, 0.1) is 30.5 Å². The van der Waals surface area contributed by atoms with Gasteiger partial charge in [-0.05, 0) is 26.0 Å². The summed E-state index contributed by atoms with van der Waals surface area (Å²) >= 11 is 0. The molecule has 0 aliphatic carbocycles. The van der Waals surface area contributed by atoms with Crippen LogP contribution in [0.25, 0.3) is 0 Å². The second-order valence-corrected chi connectivity index (χ2v) is 5.96. The van der Waals surface area contributed by atoms with Crippen LogP contribution < -0.4 is 10.1 Å². The summed E-state index contributed by atoms with van der Waals surface area (Å²) in [6, 6.07) is 9.76. The molecule has 1 N–H and O–H groups in total. The van der Waals surface area contributed by atoms with E-state index < -0.39 is 0 Å². The minimum absolute atomic E-state index is 0.00988. The smallest absolute Gasteiger partial charge is 0.318 e. The molecule has 122 valence electrons. The fraction of sp³-hybridized carbons (Fsp3) is 0.412. The monoisotopic (exact) mass is 314 g/mol. The summed E-state index contributed by atoms with van der Waals surface area (Å²) < 4.78 is 7.58. The van der Waals surface area contributed by atoms with Crippen molar-refractivity contribution in [3.63, 3.8) is 0 Å². The number of ether oxygens (including phenoxy) is 1. The van der Waals surface area contributed by atoms with Crippen molar-refractivity contribution in [1.82, 2.24) is 20.0 Å². The van der Waals surface area contributed by atoms with Crippen LogP contribution in [0.2, 0.25) is 0 Å². The van der Waals surface area contributed by atoms with Crippen LogP contribution in [-0.2, 0) is 20.1 Å². The molecular weight excluding hydrogens is 292 g/mol. The Morgan fingerprint density at radius 2 is 2.22 bits per heavy atom. The third-order valence-electron chi connectivity index (χ3n) is 4.11. The van der Waals surface area contributed by atoms with Gasteiger partial charge in [0.15, 0.2) is 0 Å². The lowest BCUT2D eigenvalue weighted by atomic mass is 10.2. The summed E-state index contributed by atoms with van der Waals surface area (Å²) in [5.41, 5.74) is 2.96. The van der Waals surface area contributed by atoms with Crippen LogP contribution in [0.15, 0.2) is 30.3 Å². The fourth-order valence-corrected chi connectivity index (χ4v) is 2.78. The van der Waals surface area contributed by atoms with E-state index >= 15 is 0 Å². The molecule has 1 aliphatic heterocycles. The van der Waals surface area contributed by atoms with Crippen molar-refractivity contribution in [1.29, 1.82) is 0 Å². The number of benzene rings is 1. The van der Waals surface area contributed by atoms with Crippen LogP contribution in [0.1, 0.15) is 23.9 Å². The first-order valence-electron chi connectivity index (χ1n) is 7.79. The van der Waals surface area contributed by atoms with Crippen molar-refractivity contribution in [3.8, 4) is 5.75 Å². The Bertz CT molecular complexity index is 710. The maximum atomic E-state index is 12.6. The largest absolute Gasteiger partial charge is 0.491 e. The number of hydrogen-bond donors (Lipinski definition) is 1. The first-order valence-corrected chi connectivity index (χ1v) is 7.79. The van der Waals surface area contributed by atoms with Gasteiger partial charge in [-0.25, -0.2) is 4.79 Å². The van der Waals surface area contributed by atoms with Gasteiger partial charge in [-0.1, -0.05) is 18.2 Å².